The number of rotatable bonds is 5. The van der Waals surface area contributed by atoms with Crippen molar-refractivity contribution in [3.05, 3.63) is 63.6 Å². The number of nitrogens with zero attached hydrogens (tertiary/aromatic N) is 2. The van der Waals surface area contributed by atoms with E-state index in [1.54, 1.807) is 6.20 Å². The summed E-state index contributed by atoms with van der Waals surface area (Å²) in [6.07, 6.45) is 6.17. The van der Waals surface area contributed by atoms with Gasteiger partial charge in [-0.15, -0.1) is 0 Å². The molecule has 1 atom stereocenters. The van der Waals surface area contributed by atoms with Crippen molar-refractivity contribution in [1.82, 2.24) is 14.8 Å². The van der Waals surface area contributed by atoms with Crippen molar-refractivity contribution in [3.63, 3.8) is 0 Å². The summed E-state index contributed by atoms with van der Waals surface area (Å²) in [6.45, 7) is 8.53. The number of likely N-dealkylation sites (tertiary alicyclic amines) is 1. The van der Waals surface area contributed by atoms with Crippen LogP contribution in [0.4, 0.5) is 0 Å². The average molecular weight is 436 g/mol. The van der Waals surface area contributed by atoms with Crippen LogP contribution in [-0.4, -0.2) is 46.8 Å². The highest BCUT2D eigenvalue weighted by Crippen LogP contribution is 2.35. The van der Waals surface area contributed by atoms with Gasteiger partial charge in [0.2, 0.25) is 0 Å². The second kappa shape index (κ2) is 9.02. The number of fused-ring (bicyclic) bond motifs is 1. The van der Waals surface area contributed by atoms with Crippen LogP contribution in [0.3, 0.4) is 0 Å². The van der Waals surface area contributed by atoms with E-state index in [0.29, 0.717) is 42.2 Å². The van der Waals surface area contributed by atoms with E-state index in [1.165, 1.54) is 23.8 Å². The van der Waals surface area contributed by atoms with Crippen molar-refractivity contribution in [2.24, 2.45) is 5.41 Å². The lowest BCUT2D eigenvalue weighted by Crippen LogP contribution is -2.44. The molecule has 1 fully saturated rings. The Morgan fingerprint density at radius 2 is 1.88 bits per heavy atom. The molecule has 2 heterocycles. The normalized spacial score (nSPS) is 20.6. The van der Waals surface area contributed by atoms with Crippen LogP contribution in [0.2, 0.25) is 0 Å². The first-order chi connectivity index (χ1) is 15.3. The number of benzene rings is 1. The molecule has 0 saturated carbocycles. The standard InChI is InChI=1S/C26H33N3O3/c1-18-9-7-8-13-28(18)14-12-27-24(31)23-20-15-26(2,3)16-22(30)21(20)17-29(25(23)32)19-10-5-4-6-11-19/h4-6,10-11,17-18H,7-9,12-16H2,1-3H3,(H,27,31). The first kappa shape index (κ1) is 22.5. The number of carbonyl (C=O) groups is 2. The van der Waals surface area contributed by atoms with Crippen LogP contribution < -0.4 is 10.9 Å². The fraction of sp³-hybridized carbons (Fsp3) is 0.500. The number of aromatic nitrogens is 1. The summed E-state index contributed by atoms with van der Waals surface area (Å²) in [5.41, 5.74) is 1.18. The summed E-state index contributed by atoms with van der Waals surface area (Å²) < 4.78 is 1.44. The van der Waals surface area contributed by atoms with Crippen LogP contribution in [0.5, 0.6) is 0 Å². The van der Waals surface area contributed by atoms with Gasteiger partial charge in [-0.3, -0.25) is 23.9 Å². The largest absolute Gasteiger partial charge is 0.351 e. The van der Waals surface area contributed by atoms with E-state index >= 15 is 0 Å². The zero-order valence-electron chi connectivity index (χ0n) is 19.3. The number of Topliss-reactive ketones (excluding diaryl/α,β-unsaturated/α-hetero) is 1. The lowest BCUT2D eigenvalue weighted by atomic mass is 9.73. The number of nitrogens with one attached hydrogen (secondary N) is 1. The lowest BCUT2D eigenvalue weighted by molar-refractivity contribution is 0.0907. The molecule has 1 N–H and O–H groups in total. The van der Waals surface area contributed by atoms with Gasteiger partial charge in [-0.25, -0.2) is 0 Å². The average Bonchev–Trinajstić information content (AvgIpc) is 2.74. The zero-order valence-corrected chi connectivity index (χ0v) is 19.3. The second-order valence-electron chi connectivity index (χ2n) is 9.98. The molecule has 1 saturated heterocycles. The summed E-state index contributed by atoms with van der Waals surface area (Å²) in [5.74, 6) is -0.399. The van der Waals surface area contributed by atoms with Crippen molar-refractivity contribution in [3.8, 4) is 5.69 Å². The molecule has 1 aromatic carbocycles. The number of para-hydroxylation sites is 1. The topological polar surface area (TPSA) is 71.4 Å². The summed E-state index contributed by atoms with van der Waals surface area (Å²) in [4.78, 5) is 42.2. The van der Waals surface area contributed by atoms with E-state index in [1.807, 2.05) is 44.2 Å². The Balaban J connectivity index is 1.68. The van der Waals surface area contributed by atoms with Crippen LogP contribution >= 0.6 is 0 Å². The fourth-order valence-electron chi connectivity index (χ4n) is 5.05. The third-order valence-corrected chi connectivity index (χ3v) is 6.80. The Morgan fingerprint density at radius 1 is 1.12 bits per heavy atom. The molecule has 0 spiro atoms. The Bertz CT molecular complexity index is 1070. The first-order valence-corrected chi connectivity index (χ1v) is 11.7. The van der Waals surface area contributed by atoms with E-state index in [0.717, 1.165) is 13.1 Å². The Labute approximate surface area is 189 Å². The lowest BCUT2D eigenvalue weighted by Gasteiger charge is -2.33. The van der Waals surface area contributed by atoms with Gasteiger partial charge in [0.15, 0.2) is 5.78 Å². The predicted molar refractivity (Wildman–Crippen MR) is 126 cm³/mol. The SMILES string of the molecule is CC1CCCCN1CCNC(=O)c1c2c(cn(-c3ccccc3)c1=O)C(=O)CC(C)(C)C2. The van der Waals surface area contributed by atoms with Crippen molar-refractivity contribution >= 4 is 11.7 Å². The van der Waals surface area contributed by atoms with Gasteiger partial charge in [-0.05, 0) is 55.8 Å². The van der Waals surface area contributed by atoms with E-state index in [4.69, 9.17) is 0 Å². The summed E-state index contributed by atoms with van der Waals surface area (Å²) in [5, 5.41) is 2.97. The molecule has 2 aliphatic rings. The fourth-order valence-corrected chi connectivity index (χ4v) is 5.05. The molecule has 1 aromatic heterocycles. The van der Waals surface area contributed by atoms with Gasteiger partial charge in [-0.1, -0.05) is 38.5 Å². The molecule has 1 aliphatic carbocycles. The minimum Gasteiger partial charge on any atom is -0.351 e. The van der Waals surface area contributed by atoms with E-state index < -0.39 is 0 Å². The van der Waals surface area contributed by atoms with Crippen LogP contribution in [0.15, 0.2) is 41.3 Å². The highest BCUT2D eigenvalue weighted by molar-refractivity contribution is 6.04. The number of piperidine rings is 1. The van der Waals surface area contributed by atoms with Gasteiger partial charge < -0.3 is 5.32 Å². The Hall–Kier alpha value is -2.73. The molecule has 0 radical (unpaired) electrons. The minimum absolute atomic E-state index is 0.0166. The number of hydrogen-bond acceptors (Lipinski definition) is 4. The molecule has 32 heavy (non-hydrogen) atoms. The summed E-state index contributed by atoms with van der Waals surface area (Å²) in [7, 11) is 0. The van der Waals surface area contributed by atoms with Crippen molar-refractivity contribution < 1.29 is 9.59 Å². The molecule has 2 aromatic rings. The molecule has 1 aliphatic heterocycles. The molecular weight excluding hydrogens is 402 g/mol. The smallest absolute Gasteiger partial charge is 0.268 e. The Morgan fingerprint density at radius 3 is 2.59 bits per heavy atom. The number of carbonyl (C=O) groups excluding carboxylic acids is 2. The molecule has 6 nitrogen and oxygen atoms in total. The van der Waals surface area contributed by atoms with Crippen LogP contribution in [0.25, 0.3) is 5.69 Å². The second-order valence-corrected chi connectivity index (χ2v) is 9.98. The van der Waals surface area contributed by atoms with Gasteiger partial charge >= 0.3 is 0 Å². The number of amides is 1. The molecule has 1 amide bonds. The predicted octanol–water partition coefficient (Wildman–Crippen LogP) is 3.60. The van der Waals surface area contributed by atoms with Crippen LogP contribution in [-0.2, 0) is 6.42 Å². The van der Waals surface area contributed by atoms with Gasteiger partial charge in [0.1, 0.15) is 5.56 Å². The monoisotopic (exact) mass is 435 g/mol. The maximum atomic E-state index is 13.5. The third kappa shape index (κ3) is 4.56. The van der Waals surface area contributed by atoms with Crippen molar-refractivity contribution in [2.75, 3.05) is 19.6 Å². The molecule has 4 rings (SSSR count). The van der Waals surface area contributed by atoms with Crippen LogP contribution in [0, 0.1) is 5.41 Å². The van der Waals surface area contributed by atoms with Gasteiger partial charge in [0.05, 0.1) is 0 Å². The minimum atomic E-state index is -0.383. The Kier molecular flexibility index (Phi) is 6.33. The van der Waals surface area contributed by atoms with Gasteiger partial charge in [0, 0.05) is 43.0 Å². The molecule has 0 bridgehead atoms. The van der Waals surface area contributed by atoms with E-state index in [2.05, 4.69) is 17.1 Å². The number of pyridine rings is 1. The number of hydrogen-bond donors (Lipinski definition) is 1. The maximum absolute atomic E-state index is 13.5. The molecular formula is C26H33N3O3. The number of ketones is 1. The van der Waals surface area contributed by atoms with Crippen LogP contribution in [0.1, 0.15) is 72.7 Å². The summed E-state index contributed by atoms with van der Waals surface area (Å²) in [6, 6.07) is 9.68. The first-order valence-electron chi connectivity index (χ1n) is 11.7. The molecule has 1 unspecified atom stereocenters. The summed E-state index contributed by atoms with van der Waals surface area (Å²) >= 11 is 0. The van der Waals surface area contributed by atoms with Crippen molar-refractivity contribution in [1.29, 1.82) is 0 Å². The molecule has 170 valence electrons. The highest BCUT2D eigenvalue weighted by Gasteiger charge is 2.36. The van der Waals surface area contributed by atoms with Crippen molar-refractivity contribution in [2.45, 2.75) is 58.9 Å². The highest BCUT2D eigenvalue weighted by atomic mass is 16.2. The van der Waals surface area contributed by atoms with Gasteiger partial charge in [-0.2, -0.15) is 0 Å². The molecule has 6 heteroatoms. The van der Waals surface area contributed by atoms with Gasteiger partial charge in [0.25, 0.3) is 11.5 Å². The van der Waals surface area contributed by atoms with E-state index in [9.17, 15) is 14.4 Å². The third-order valence-electron chi connectivity index (χ3n) is 6.80. The van der Waals surface area contributed by atoms with E-state index in [-0.39, 0.29) is 28.2 Å². The maximum Gasteiger partial charge on any atom is 0.268 e. The zero-order chi connectivity index (χ0) is 22.9. The quantitative estimate of drug-likeness (QED) is 0.779.